The number of β-amino-alcohol motifs (C(OH)–C–C–N with tert-alkyl or cyclic N) is 2. The van der Waals surface area contributed by atoms with E-state index in [1.807, 2.05) is 135 Å². The minimum atomic E-state index is -1.14. The van der Waals surface area contributed by atoms with Crippen molar-refractivity contribution in [1.29, 1.82) is 0 Å². The molecular weight excluding hydrogens is 1490 g/mol. The van der Waals surface area contributed by atoms with Gasteiger partial charge in [0, 0.05) is 68.2 Å². The molecule has 0 bridgehead atoms. The second-order valence-electron chi connectivity index (χ2n) is 32.8. The van der Waals surface area contributed by atoms with Crippen LogP contribution in [0.5, 0.6) is 0 Å². The number of amides is 2. The molecule has 2 atom stereocenters. The third-order valence-corrected chi connectivity index (χ3v) is 21.4. The van der Waals surface area contributed by atoms with E-state index in [1.165, 1.54) is 57.9 Å². The summed E-state index contributed by atoms with van der Waals surface area (Å²) in [6, 6.07) is 23.2. The Kier molecular flexibility index (Phi) is 24.1. The number of aliphatic hydroxyl groups is 6. The molecule has 0 spiro atoms. The maximum absolute atomic E-state index is 13.3. The van der Waals surface area contributed by atoms with Crippen LogP contribution >= 0.6 is 28.3 Å². The molecule has 109 heavy (non-hydrogen) atoms. The van der Waals surface area contributed by atoms with Crippen LogP contribution < -0.4 is 31.8 Å². The highest BCUT2D eigenvalue weighted by Crippen LogP contribution is 2.33. The van der Waals surface area contributed by atoms with Gasteiger partial charge in [-0.1, -0.05) is 28.8 Å². The molecule has 7 N–H and O–H groups in total. The predicted octanol–water partition coefficient (Wildman–Crippen LogP) is 7.80. The van der Waals surface area contributed by atoms with E-state index in [4.69, 9.17) is 9.47 Å². The normalized spacial score (nSPS) is 20.9. The van der Waals surface area contributed by atoms with Gasteiger partial charge in [-0.25, -0.2) is 38.6 Å². The number of hydrogen-bond donors (Lipinski definition) is 7. The molecule has 2 amide bonds. The number of halogens is 2. The van der Waals surface area contributed by atoms with Crippen LogP contribution in [0.1, 0.15) is 139 Å². The summed E-state index contributed by atoms with van der Waals surface area (Å²) in [6.45, 7) is 22.6. The molecule has 588 valence electrons. The van der Waals surface area contributed by atoms with E-state index < -0.39 is 45.3 Å². The average Bonchev–Trinajstić information content (AvgIpc) is 1.63. The van der Waals surface area contributed by atoms with Gasteiger partial charge in [0.05, 0.1) is 88.9 Å². The Labute approximate surface area is 646 Å². The topological polar surface area (TPSA) is 357 Å². The molecule has 30 nitrogen and oxygen atoms in total. The number of hydrogen-bond acceptors (Lipinski definition) is 22. The molecule has 15 rings (SSSR count). The first-order chi connectivity index (χ1) is 50.9. The van der Waals surface area contributed by atoms with Crippen molar-refractivity contribution in [3.8, 4) is 17.1 Å². The van der Waals surface area contributed by atoms with Crippen LogP contribution in [0.25, 0.3) is 50.2 Å². The molecule has 1 aliphatic carbocycles. The number of benzene rings is 3. The molecule has 6 aromatic heterocycles. The molecule has 5 saturated heterocycles. The molecule has 32 heteroatoms. The highest BCUT2D eigenvalue weighted by Gasteiger charge is 2.40. The van der Waals surface area contributed by atoms with Gasteiger partial charge in [-0.05, 0) is 212 Å². The fourth-order valence-electron chi connectivity index (χ4n) is 14.6. The summed E-state index contributed by atoms with van der Waals surface area (Å²) in [5, 5.41) is 80.2. The molecule has 2 unspecified atom stereocenters. The molecule has 0 radical (unpaired) electrons. The van der Waals surface area contributed by atoms with Gasteiger partial charge in [-0.3, -0.25) is 28.1 Å². The standard InChI is InChI=1S/C27H36N6O5.C22H26BrN5O4.C22H28N6O3.C6H12O.ClH/c1-25(2,3)38-24(35)30-13-10-27(37,11-14-30)17-32-18-28-22-21(23(32)34)15-29-33(22)20-7-5-19(6-8-20)31-12-9-26(4,36)16-31;1-21(2,3)32-20(30)26-10-8-22(31,9-11-26)13-27-14-24-18-17(19(27)29)12-25-28(18)16-6-4-15(23)5-7-16;1-21(30)8-11-26(13-21)16-2-4-17(5-3-16)28-19-18(12-25-28)20(29)27(15-24-19)14-22(31)6-9-23-10-7-22;1-6(7)4-2-3-5-6;/h5-8,15,18,36-37H,9-14,16-17H2,1-4H3;4-7,12,14,31H,8-11,13H2,1-3H3;2-5,12,15,23,30-31H,6-11,13-14H2,1H3;7H,2-5H2,1H3;1H. The van der Waals surface area contributed by atoms with Crippen LogP contribution in [0.15, 0.2) is 129 Å². The minimum Gasteiger partial charge on any atom is -0.444 e. The summed E-state index contributed by atoms with van der Waals surface area (Å²) in [7, 11) is 0. The van der Waals surface area contributed by atoms with Crippen molar-refractivity contribution in [2.45, 2.75) is 204 Å². The summed E-state index contributed by atoms with van der Waals surface area (Å²) < 4.78 is 21.0. The van der Waals surface area contributed by atoms with Crippen LogP contribution in [-0.2, 0) is 29.1 Å². The number of carbonyl (C=O) groups is 2. The maximum atomic E-state index is 13.3. The van der Waals surface area contributed by atoms with Gasteiger partial charge in [0.15, 0.2) is 16.9 Å². The van der Waals surface area contributed by atoms with Crippen molar-refractivity contribution in [2.75, 3.05) is 75.2 Å². The minimum absolute atomic E-state index is 0. The van der Waals surface area contributed by atoms with E-state index in [9.17, 15) is 54.6 Å². The van der Waals surface area contributed by atoms with Crippen molar-refractivity contribution in [3.05, 3.63) is 146 Å². The van der Waals surface area contributed by atoms with Crippen LogP contribution in [0.4, 0.5) is 21.0 Å². The first kappa shape index (κ1) is 81.3. The summed E-state index contributed by atoms with van der Waals surface area (Å²) in [5.74, 6) is 0. The smallest absolute Gasteiger partial charge is 0.410 e. The lowest BCUT2D eigenvalue weighted by molar-refractivity contribution is -0.0430. The number of carbonyl (C=O) groups excluding carboxylic acids is 2. The van der Waals surface area contributed by atoms with Crippen molar-refractivity contribution in [2.24, 2.45) is 0 Å². The Morgan fingerprint density at radius 1 is 0.440 bits per heavy atom. The number of ether oxygens (including phenoxy) is 2. The molecule has 5 aliphatic heterocycles. The van der Waals surface area contributed by atoms with Gasteiger partial charge in [0.2, 0.25) is 0 Å². The van der Waals surface area contributed by atoms with Gasteiger partial charge in [0.25, 0.3) is 16.7 Å². The largest absolute Gasteiger partial charge is 0.444 e. The summed E-state index contributed by atoms with van der Waals surface area (Å²) in [4.78, 5) is 84.8. The van der Waals surface area contributed by atoms with E-state index in [2.05, 4.69) is 61.3 Å². The SMILES string of the molecule is CC(C)(C)OC(=O)N1CCC(O)(Cn2cnc3c(cnn3-c3ccc(Br)cc3)c2=O)CC1.CC1(O)CCCC1.CC1(O)CCN(c2ccc(-n3ncc4c(=O)n(CC5(O)CCN(C(=O)OC(C)(C)C)CC5)cnc43)cc2)C1.CC1(O)CCN(c2ccc(-n3ncc4c(=O)n(CC5(O)CCNCC5)cnc43)cc2)C1.Cl. The van der Waals surface area contributed by atoms with Gasteiger partial charge in [0.1, 0.15) is 46.3 Å². The predicted molar refractivity (Wildman–Crippen MR) is 419 cm³/mol. The van der Waals surface area contributed by atoms with E-state index in [0.717, 1.165) is 84.8 Å². The fourth-order valence-corrected chi connectivity index (χ4v) is 14.9. The Morgan fingerprint density at radius 2 is 0.743 bits per heavy atom. The lowest BCUT2D eigenvalue weighted by Gasteiger charge is -2.38. The van der Waals surface area contributed by atoms with E-state index in [-0.39, 0.29) is 60.4 Å². The number of likely N-dealkylation sites (tertiary alicyclic amines) is 2. The van der Waals surface area contributed by atoms with Gasteiger partial charge < -0.3 is 65.0 Å². The number of nitrogens with zero attached hydrogens (tertiary/aromatic N) is 16. The zero-order chi connectivity index (χ0) is 77.4. The molecule has 1 saturated carbocycles. The maximum Gasteiger partial charge on any atom is 0.410 e. The lowest BCUT2D eigenvalue weighted by atomic mass is 9.91. The number of nitrogens with one attached hydrogen (secondary N) is 1. The molecule has 11 heterocycles. The first-order valence-electron chi connectivity index (χ1n) is 37.2. The van der Waals surface area contributed by atoms with Gasteiger partial charge in [-0.2, -0.15) is 15.3 Å². The molecule has 3 aromatic carbocycles. The van der Waals surface area contributed by atoms with Crippen LogP contribution in [0, 0.1) is 0 Å². The quantitative estimate of drug-likeness (QED) is 0.0649. The number of rotatable bonds is 11. The molecule has 9 aromatic rings. The summed E-state index contributed by atoms with van der Waals surface area (Å²) >= 11 is 3.40. The van der Waals surface area contributed by atoms with Crippen molar-refractivity contribution >= 4 is 85.0 Å². The monoisotopic (exact) mass is 1590 g/mol. The summed E-state index contributed by atoms with van der Waals surface area (Å²) in [6.07, 6.45) is 16.6. The second kappa shape index (κ2) is 32.3. The Balaban J connectivity index is 0.000000155. The highest BCUT2D eigenvalue weighted by atomic mass is 79.9. The first-order valence-corrected chi connectivity index (χ1v) is 38.0. The Hall–Kier alpha value is -8.66. The summed E-state index contributed by atoms with van der Waals surface area (Å²) in [5.41, 5.74) is -0.828. The Bertz CT molecular complexity index is 4840. The third-order valence-electron chi connectivity index (χ3n) is 20.9. The fraction of sp³-hybridized carbons (Fsp3) is 0.545. The van der Waals surface area contributed by atoms with Crippen LogP contribution in [0.3, 0.4) is 0 Å². The number of anilines is 2. The van der Waals surface area contributed by atoms with Gasteiger partial charge in [-0.15, -0.1) is 12.4 Å². The lowest BCUT2D eigenvalue weighted by Crippen LogP contribution is -2.50. The number of aromatic nitrogens is 12. The zero-order valence-electron chi connectivity index (χ0n) is 63.6. The number of fused-ring (bicyclic) bond motifs is 3. The zero-order valence-corrected chi connectivity index (χ0v) is 66.0. The van der Waals surface area contributed by atoms with Crippen molar-refractivity contribution in [3.63, 3.8) is 0 Å². The van der Waals surface area contributed by atoms with Gasteiger partial charge >= 0.3 is 12.2 Å². The molecule has 6 aliphatic rings. The van der Waals surface area contributed by atoms with Crippen LogP contribution in [0.2, 0.25) is 0 Å². The Morgan fingerprint density at radius 3 is 1.03 bits per heavy atom. The van der Waals surface area contributed by atoms with Crippen molar-refractivity contribution in [1.82, 2.24) is 73.1 Å². The second-order valence-corrected chi connectivity index (χ2v) is 33.7. The third kappa shape index (κ3) is 19.9. The van der Waals surface area contributed by atoms with Crippen molar-refractivity contribution < 1.29 is 49.7 Å². The van der Waals surface area contributed by atoms with E-state index in [1.54, 1.807) is 30.0 Å². The highest BCUT2D eigenvalue weighted by molar-refractivity contribution is 9.10. The molecule has 6 fully saturated rings. The van der Waals surface area contributed by atoms with Crippen LogP contribution in [-0.4, -0.2) is 221 Å². The molecular formula is C77H103BrClN17O13. The number of piperidine rings is 3. The van der Waals surface area contributed by atoms with E-state index in [0.29, 0.717) is 111 Å². The average molecular weight is 1590 g/mol. The van der Waals surface area contributed by atoms with E-state index >= 15 is 0 Å².